The molecule has 1 aromatic heterocycles. The average Bonchev–Trinajstić information content (AvgIpc) is 2.88. The number of benzene rings is 1. The second-order valence-electron chi connectivity index (χ2n) is 4.49. The van der Waals surface area contributed by atoms with Gasteiger partial charge in [0.2, 0.25) is 0 Å². The molecule has 0 atom stereocenters. The first kappa shape index (κ1) is 14.3. The molecule has 0 fully saturated rings. The topological polar surface area (TPSA) is 91.9 Å². The minimum atomic E-state index is -3.06. The Morgan fingerprint density at radius 2 is 2.00 bits per heavy atom. The van der Waals surface area contributed by atoms with E-state index in [2.05, 4.69) is 15.3 Å². The van der Waals surface area contributed by atoms with Crippen LogP contribution in [0.2, 0.25) is 0 Å². The monoisotopic (exact) mass is 293 g/mol. The Morgan fingerprint density at radius 1 is 1.30 bits per heavy atom. The molecule has 1 aromatic carbocycles. The van der Waals surface area contributed by atoms with Gasteiger partial charge in [-0.1, -0.05) is 12.1 Å². The number of sulfone groups is 1. The quantitative estimate of drug-likeness (QED) is 0.856. The van der Waals surface area contributed by atoms with Gasteiger partial charge in [-0.3, -0.25) is 4.79 Å². The molecule has 2 aromatic rings. The molecule has 0 bridgehead atoms. The maximum absolute atomic E-state index is 11.9. The van der Waals surface area contributed by atoms with Gasteiger partial charge >= 0.3 is 0 Å². The third kappa shape index (κ3) is 4.20. The number of H-pyrrole nitrogens is 1. The van der Waals surface area contributed by atoms with Gasteiger partial charge in [-0.15, -0.1) is 0 Å². The maximum Gasteiger partial charge on any atom is 0.251 e. The van der Waals surface area contributed by atoms with Crippen molar-refractivity contribution in [1.29, 1.82) is 0 Å². The second kappa shape index (κ2) is 5.87. The number of carbonyl (C=O) groups is 1. The van der Waals surface area contributed by atoms with Gasteiger partial charge in [0, 0.05) is 24.2 Å². The van der Waals surface area contributed by atoms with Crippen LogP contribution in [0.1, 0.15) is 21.7 Å². The van der Waals surface area contributed by atoms with Crippen LogP contribution in [0.3, 0.4) is 0 Å². The zero-order valence-corrected chi connectivity index (χ0v) is 11.8. The van der Waals surface area contributed by atoms with Crippen LogP contribution in [0.5, 0.6) is 0 Å². The van der Waals surface area contributed by atoms with Gasteiger partial charge in [0.05, 0.1) is 12.3 Å². The molecule has 2 rings (SSSR count). The highest BCUT2D eigenvalue weighted by Gasteiger charge is 2.08. The lowest BCUT2D eigenvalue weighted by molar-refractivity contribution is 0.0950. The zero-order chi connectivity index (χ0) is 14.6. The molecule has 6 nitrogen and oxygen atoms in total. The van der Waals surface area contributed by atoms with Crippen LogP contribution in [-0.4, -0.2) is 30.5 Å². The summed E-state index contributed by atoms with van der Waals surface area (Å²) < 4.78 is 22.3. The standard InChI is InChI=1S/C13H15N3O3S/c1-20(18,19)9-10-2-4-11(5-3-10)13(17)16-8-12-14-6-7-15-12/h2-7H,8-9H2,1H3,(H,14,15)(H,16,17). The molecule has 1 heterocycles. The smallest absolute Gasteiger partial charge is 0.251 e. The molecule has 20 heavy (non-hydrogen) atoms. The van der Waals surface area contributed by atoms with E-state index < -0.39 is 9.84 Å². The predicted octanol–water partition coefficient (Wildman–Crippen LogP) is 0.884. The minimum absolute atomic E-state index is 0.0265. The van der Waals surface area contributed by atoms with E-state index in [-0.39, 0.29) is 11.7 Å². The second-order valence-corrected chi connectivity index (χ2v) is 6.63. The highest BCUT2D eigenvalue weighted by molar-refractivity contribution is 7.89. The van der Waals surface area contributed by atoms with Gasteiger partial charge < -0.3 is 10.3 Å². The van der Waals surface area contributed by atoms with Crippen LogP contribution in [0.15, 0.2) is 36.7 Å². The van der Waals surface area contributed by atoms with Gasteiger partial charge in [0.1, 0.15) is 5.82 Å². The fourth-order valence-corrected chi connectivity index (χ4v) is 2.51. The Hall–Kier alpha value is -2.15. The summed E-state index contributed by atoms with van der Waals surface area (Å²) in [5.74, 6) is 0.417. The van der Waals surface area contributed by atoms with Crippen molar-refractivity contribution in [3.8, 4) is 0 Å². The molecule has 0 aliphatic heterocycles. The Morgan fingerprint density at radius 3 is 2.55 bits per heavy atom. The van der Waals surface area contributed by atoms with Crippen molar-refractivity contribution in [3.63, 3.8) is 0 Å². The van der Waals surface area contributed by atoms with E-state index in [0.717, 1.165) is 0 Å². The van der Waals surface area contributed by atoms with Crippen molar-refractivity contribution in [1.82, 2.24) is 15.3 Å². The average molecular weight is 293 g/mol. The van der Waals surface area contributed by atoms with Gasteiger partial charge in [-0.2, -0.15) is 0 Å². The van der Waals surface area contributed by atoms with Crippen molar-refractivity contribution in [2.75, 3.05) is 6.26 Å². The van der Waals surface area contributed by atoms with Crippen LogP contribution < -0.4 is 5.32 Å². The molecule has 0 saturated carbocycles. The van der Waals surface area contributed by atoms with Crippen LogP contribution in [-0.2, 0) is 22.1 Å². The van der Waals surface area contributed by atoms with Crippen molar-refractivity contribution >= 4 is 15.7 Å². The van der Waals surface area contributed by atoms with Gasteiger partial charge in [0.25, 0.3) is 5.91 Å². The molecule has 0 aliphatic rings. The number of nitrogens with one attached hydrogen (secondary N) is 2. The predicted molar refractivity (Wildman–Crippen MR) is 74.7 cm³/mol. The van der Waals surface area contributed by atoms with E-state index in [4.69, 9.17) is 0 Å². The Labute approximate surface area is 117 Å². The Kier molecular flexibility index (Phi) is 4.19. The molecule has 0 aliphatic carbocycles. The summed E-state index contributed by atoms with van der Waals surface area (Å²) in [6.45, 7) is 0.316. The number of rotatable bonds is 5. The first-order chi connectivity index (χ1) is 9.44. The summed E-state index contributed by atoms with van der Waals surface area (Å²) in [6.07, 6.45) is 4.47. The number of carbonyl (C=O) groups excluding carboxylic acids is 1. The molecule has 0 unspecified atom stereocenters. The fraction of sp³-hybridized carbons (Fsp3) is 0.231. The third-order valence-electron chi connectivity index (χ3n) is 2.62. The van der Waals surface area contributed by atoms with Gasteiger partial charge in [0.15, 0.2) is 9.84 Å². The van der Waals surface area contributed by atoms with Crippen LogP contribution in [0.4, 0.5) is 0 Å². The highest BCUT2D eigenvalue weighted by atomic mass is 32.2. The van der Waals surface area contributed by atoms with Crippen molar-refractivity contribution in [2.45, 2.75) is 12.3 Å². The van der Waals surface area contributed by atoms with Crippen LogP contribution in [0.25, 0.3) is 0 Å². The summed E-state index contributed by atoms with van der Waals surface area (Å²) in [6, 6.07) is 6.50. The van der Waals surface area contributed by atoms with Crippen LogP contribution in [0, 0.1) is 0 Å². The van der Waals surface area contributed by atoms with E-state index in [0.29, 0.717) is 23.5 Å². The molecule has 2 N–H and O–H groups in total. The summed E-state index contributed by atoms with van der Waals surface area (Å²) in [5.41, 5.74) is 1.14. The van der Waals surface area contributed by atoms with Crippen molar-refractivity contribution < 1.29 is 13.2 Å². The lowest BCUT2D eigenvalue weighted by Gasteiger charge is -2.05. The number of nitrogens with zero attached hydrogens (tertiary/aromatic N) is 1. The molecule has 0 saturated heterocycles. The number of aromatic nitrogens is 2. The molecular formula is C13H15N3O3S. The van der Waals surface area contributed by atoms with Crippen molar-refractivity contribution in [3.05, 3.63) is 53.6 Å². The summed E-state index contributed by atoms with van der Waals surface area (Å²) >= 11 is 0. The van der Waals surface area contributed by atoms with Crippen LogP contribution >= 0.6 is 0 Å². The fourth-order valence-electron chi connectivity index (χ4n) is 1.72. The third-order valence-corrected chi connectivity index (χ3v) is 3.47. The molecule has 1 amide bonds. The molecular weight excluding hydrogens is 278 g/mol. The lowest BCUT2D eigenvalue weighted by Crippen LogP contribution is -2.23. The SMILES string of the molecule is CS(=O)(=O)Cc1ccc(C(=O)NCc2ncc[nH]2)cc1. The lowest BCUT2D eigenvalue weighted by atomic mass is 10.1. The molecule has 0 spiro atoms. The zero-order valence-electron chi connectivity index (χ0n) is 11.0. The summed E-state index contributed by atoms with van der Waals surface area (Å²) in [5, 5.41) is 2.72. The molecule has 7 heteroatoms. The number of hydrogen-bond acceptors (Lipinski definition) is 4. The largest absolute Gasteiger partial charge is 0.347 e. The Balaban J connectivity index is 1.97. The van der Waals surface area contributed by atoms with Gasteiger partial charge in [-0.05, 0) is 17.7 Å². The normalized spacial score (nSPS) is 11.2. The maximum atomic E-state index is 11.9. The highest BCUT2D eigenvalue weighted by Crippen LogP contribution is 2.08. The Bertz CT molecular complexity index is 676. The van der Waals surface area contributed by atoms with E-state index in [1.165, 1.54) is 6.26 Å². The van der Waals surface area contributed by atoms with Crippen molar-refractivity contribution in [2.24, 2.45) is 0 Å². The summed E-state index contributed by atoms with van der Waals surface area (Å²) in [7, 11) is -3.06. The summed E-state index contributed by atoms with van der Waals surface area (Å²) in [4.78, 5) is 18.8. The van der Waals surface area contributed by atoms with E-state index in [9.17, 15) is 13.2 Å². The molecule has 0 radical (unpaired) electrons. The first-order valence-corrected chi connectivity index (χ1v) is 8.03. The van der Waals surface area contributed by atoms with Gasteiger partial charge in [-0.25, -0.2) is 13.4 Å². The van der Waals surface area contributed by atoms with E-state index in [1.807, 2.05) is 0 Å². The first-order valence-electron chi connectivity index (χ1n) is 5.97. The minimum Gasteiger partial charge on any atom is -0.347 e. The molecule has 106 valence electrons. The number of aromatic amines is 1. The number of hydrogen-bond donors (Lipinski definition) is 2. The van der Waals surface area contributed by atoms with E-state index in [1.54, 1.807) is 36.7 Å². The number of imidazole rings is 1. The van der Waals surface area contributed by atoms with E-state index >= 15 is 0 Å². The number of amides is 1.